The number of likely N-dealkylation sites (tertiary alicyclic amines) is 1. The number of aromatic amines is 1. The van der Waals surface area contributed by atoms with Gasteiger partial charge in [0.25, 0.3) is 5.56 Å². The molecule has 0 amide bonds. The number of aromatic nitrogens is 3. The van der Waals surface area contributed by atoms with Gasteiger partial charge in [-0.2, -0.15) is 5.10 Å². The van der Waals surface area contributed by atoms with Crippen molar-refractivity contribution in [3.8, 4) is 16.9 Å². The standard InChI is InChI=1S/C22H26F3N5O2/c1-28(2)16-6-8-30(9-7-16)12-15-5-4-14(10-19(15)32-22(23,24)25)18-13-29(3)21(31)20-17(18)11-26-27-20/h4-5,10-11,13,16H,6-9,12H2,1-3H3,(H,26,27). The molecule has 1 N–H and O–H groups in total. The predicted molar refractivity (Wildman–Crippen MR) is 115 cm³/mol. The van der Waals surface area contributed by atoms with E-state index < -0.39 is 6.36 Å². The maximum Gasteiger partial charge on any atom is 0.573 e. The van der Waals surface area contributed by atoms with Gasteiger partial charge in [0.1, 0.15) is 11.3 Å². The number of nitrogens with one attached hydrogen (secondary N) is 1. The van der Waals surface area contributed by atoms with Crippen LogP contribution in [0.5, 0.6) is 5.75 Å². The van der Waals surface area contributed by atoms with Crippen LogP contribution < -0.4 is 10.3 Å². The Kier molecular flexibility index (Phi) is 6.00. The van der Waals surface area contributed by atoms with Crippen molar-refractivity contribution in [2.75, 3.05) is 27.2 Å². The number of aryl methyl sites for hydroxylation is 1. The third-order valence-electron chi connectivity index (χ3n) is 6.07. The zero-order chi connectivity index (χ0) is 23.0. The quantitative estimate of drug-likeness (QED) is 0.647. The van der Waals surface area contributed by atoms with E-state index in [0.29, 0.717) is 40.2 Å². The molecule has 1 aromatic carbocycles. The summed E-state index contributed by atoms with van der Waals surface area (Å²) in [7, 11) is 5.68. The molecular weight excluding hydrogens is 423 g/mol. The molecular formula is C22H26F3N5O2. The van der Waals surface area contributed by atoms with Crippen molar-refractivity contribution in [2.45, 2.75) is 31.8 Å². The molecule has 0 bridgehead atoms. The van der Waals surface area contributed by atoms with Crippen molar-refractivity contribution < 1.29 is 17.9 Å². The van der Waals surface area contributed by atoms with E-state index in [0.717, 1.165) is 25.9 Å². The van der Waals surface area contributed by atoms with Crippen molar-refractivity contribution in [2.24, 2.45) is 7.05 Å². The molecule has 0 aliphatic carbocycles. The number of benzene rings is 1. The van der Waals surface area contributed by atoms with Gasteiger partial charge in [-0.05, 0) is 51.7 Å². The number of nitrogens with zero attached hydrogens (tertiary/aromatic N) is 4. The van der Waals surface area contributed by atoms with Gasteiger partial charge in [0.05, 0.1) is 6.20 Å². The highest BCUT2D eigenvalue weighted by molar-refractivity contribution is 5.93. The maximum absolute atomic E-state index is 13.2. The predicted octanol–water partition coefficient (Wildman–Crippen LogP) is 3.35. The fraction of sp³-hybridized carbons (Fsp3) is 0.455. The first-order valence-electron chi connectivity index (χ1n) is 10.4. The molecule has 2 aromatic heterocycles. The average molecular weight is 449 g/mol. The van der Waals surface area contributed by atoms with Crippen LogP contribution in [0.2, 0.25) is 0 Å². The van der Waals surface area contributed by atoms with Gasteiger partial charge < -0.3 is 14.2 Å². The van der Waals surface area contributed by atoms with Crippen LogP contribution in [0.15, 0.2) is 35.4 Å². The summed E-state index contributed by atoms with van der Waals surface area (Å²) in [5.41, 5.74) is 1.63. The lowest BCUT2D eigenvalue weighted by atomic mass is 10.00. The second kappa shape index (κ2) is 8.59. The zero-order valence-corrected chi connectivity index (χ0v) is 18.2. The molecule has 0 spiro atoms. The Hall–Kier alpha value is -2.85. The number of H-pyrrole nitrogens is 1. The minimum Gasteiger partial charge on any atom is -0.405 e. The number of hydrogen-bond acceptors (Lipinski definition) is 5. The molecule has 172 valence electrons. The van der Waals surface area contributed by atoms with Gasteiger partial charge >= 0.3 is 6.36 Å². The summed E-state index contributed by atoms with van der Waals surface area (Å²) >= 11 is 0. The van der Waals surface area contributed by atoms with Gasteiger partial charge in [-0.1, -0.05) is 12.1 Å². The monoisotopic (exact) mass is 449 g/mol. The number of alkyl halides is 3. The summed E-state index contributed by atoms with van der Waals surface area (Å²) in [6, 6.07) is 5.31. The van der Waals surface area contributed by atoms with E-state index >= 15 is 0 Å². The molecule has 10 heteroatoms. The zero-order valence-electron chi connectivity index (χ0n) is 18.2. The van der Waals surface area contributed by atoms with Crippen LogP contribution in [-0.4, -0.2) is 64.2 Å². The highest BCUT2D eigenvalue weighted by atomic mass is 19.4. The van der Waals surface area contributed by atoms with Crippen LogP contribution in [0.1, 0.15) is 18.4 Å². The highest BCUT2D eigenvalue weighted by Gasteiger charge is 2.33. The van der Waals surface area contributed by atoms with Crippen molar-refractivity contribution in [1.82, 2.24) is 24.6 Å². The van der Waals surface area contributed by atoms with E-state index in [2.05, 4.69) is 24.7 Å². The minimum atomic E-state index is -4.81. The average Bonchev–Trinajstić information content (AvgIpc) is 3.21. The SMILES string of the molecule is CN(C)C1CCN(Cc2ccc(-c3cn(C)c(=O)c4[nH]ncc34)cc2OC(F)(F)F)CC1. The van der Waals surface area contributed by atoms with E-state index in [1.807, 2.05) is 14.1 Å². The Balaban J connectivity index is 1.68. The Morgan fingerprint density at radius 3 is 2.62 bits per heavy atom. The molecule has 0 atom stereocenters. The van der Waals surface area contributed by atoms with Gasteiger partial charge in [-0.15, -0.1) is 13.2 Å². The molecule has 1 aliphatic heterocycles. The number of rotatable bonds is 5. The van der Waals surface area contributed by atoms with Crippen molar-refractivity contribution in [1.29, 1.82) is 0 Å². The van der Waals surface area contributed by atoms with Crippen LogP contribution in [0.4, 0.5) is 13.2 Å². The van der Waals surface area contributed by atoms with E-state index in [1.165, 1.54) is 16.8 Å². The number of pyridine rings is 1. The van der Waals surface area contributed by atoms with Crippen molar-refractivity contribution >= 4 is 10.9 Å². The molecule has 3 heterocycles. The number of ether oxygens (including phenoxy) is 1. The largest absolute Gasteiger partial charge is 0.573 e. The first-order valence-corrected chi connectivity index (χ1v) is 10.4. The molecule has 0 saturated carbocycles. The summed E-state index contributed by atoms with van der Waals surface area (Å²) in [6.45, 7) is 2.00. The second-order valence-electron chi connectivity index (χ2n) is 8.46. The Morgan fingerprint density at radius 2 is 1.97 bits per heavy atom. The van der Waals surface area contributed by atoms with Crippen LogP contribution in [0.3, 0.4) is 0 Å². The Bertz CT molecular complexity index is 1160. The molecule has 4 rings (SSSR count). The van der Waals surface area contributed by atoms with Gasteiger partial charge in [0.2, 0.25) is 0 Å². The normalized spacial score (nSPS) is 16.2. The van der Waals surface area contributed by atoms with E-state index in [9.17, 15) is 18.0 Å². The lowest BCUT2D eigenvalue weighted by Crippen LogP contribution is -2.41. The minimum absolute atomic E-state index is 0.227. The van der Waals surface area contributed by atoms with E-state index in [1.54, 1.807) is 25.4 Å². The molecule has 1 aliphatic rings. The topological polar surface area (TPSA) is 66.4 Å². The third kappa shape index (κ3) is 4.66. The molecule has 32 heavy (non-hydrogen) atoms. The molecule has 1 fully saturated rings. The highest BCUT2D eigenvalue weighted by Crippen LogP contribution is 2.34. The lowest BCUT2D eigenvalue weighted by Gasteiger charge is -2.35. The molecule has 1 saturated heterocycles. The summed E-state index contributed by atoms with van der Waals surface area (Å²) in [5.74, 6) is -0.227. The lowest BCUT2D eigenvalue weighted by molar-refractivity contribution is -0.275. The second-order valence-corrected chi connectivity index (χ2v) is 8.46. The van der Waals surface area contributed by atoms with Crippen molar-refractivity contribution in [3.63, 3.8) is 0 Å². The van der Waals surface area contributed by atoms with Crippen molar-refractivity contribution in [3.05, 3.63) is 46.5 Å². The Labute approximate surface area is 183 Å². The van der Waals surface area contributed by atoms with Gasteiger partial charge in [-0.25, -0.2) is 0 Å². The number of fused-ring (bicyclic) bond motifs is 1. The van der Waals surface area contributed by atoms with Crippen LogP contribution in [-0.2, 0) is 13.6 Å². The molecule has 7 nitrogen and oxygen atoms in total. The van der Waals surface area contributed by atoms with Crippen LogP contribution in [0.25, 0.3) is 22.0 Å². The van der Waals surface area contributed by atoms with Gasteiger partial charge in [-0.3, -0.25) is 14.8 Å². The fourth-order valence-corrected chi connectivity index (χ4v) is 4.29. The summed E-state index contributed by atoms with van der Waals surface area (Å²) in [6.07, 6.45) is 0.228. The van der Waals surface area contributed by atoms with E-state index in [-0.39, 0.29) is 11.3 Å². The molecule has 3 aromatic rings. The first kappa shape index (κ1) is 22.3. The molecule has 0 unspecified atom stereocenters. The number of hydrogen-bond donors (Lipinski definition) is 1. The van der Waals surface area contributed by atoms with Crippen LogP contribution >= 0.6 is 0 Å². The first-order chi connectivity index (χ1) is 15.1. The summed E-state index contributed by atoms with van der Waals surface area (Å²) in [5, 5.41) is 7.13. The van der Waals surface area contributed by atoms with Crippen LogP contribution in [0, 0.1) is 0 Å². The maximum atomic E-state index is 13.2. The third-order valence-corrected chi connectivity index (χ3v) is 6.07. The smallest absolute Gasteiger partial charge is 0.405 e. The molecule has 0 radical (unpaired) electrons. The summed E-state index contributed by atoms with van der Waals surface area (Å²) in [4.78, 5) is 16.6. The fourth-order valence-electron chi connectivity index (χ4n) is 4.29. The van der Waals surface area contributed by atoms with Gasteiger partial charge in [0.15, 0.2) is 0 Å². The Morgan fingerprint density at radius 1 is 1.25 bits per heavy atom. The van der Waals surface area contributed by atoms with E-state index in [4.69, 9.17) is 0 Å². The number of halogens is 3. The summed E-state index contributed by atoms with van der Waals surface area (Å²) < 4.78 is 45.4. The number of piperidine rings is 1. The van der Waals surface area contributed by atoms with Gasteiger partial charge in [0, 0.05) is 42.3 Å².